The molecule has 2 rings (SSSR count). The lowest BCUT2D eigenvalue weighted by molar-refractivity contribution is 0.534. The lowest BCUT2D eigenvalue weighted by Gasteiger charge is -2.12. The molecule has 114 valence electrons. The Hall–Kier alpha value is -1.53. The van der Waals surface area contributed by atoms with Gasteiger partial charge in [-0.05, 0) is 50.7 Å². The zero-order valence-corrected chi connectivity index (χ0v) is 13.8. The van der Waals surface area contributed by atoms with E-state index in [0.29, 0.717) is 5.16 Å². The number of nitrogens with zero attached hydrogens (tertiary/aromatic N) is 2. The quantitative estimate of drug-likeness (QED) is 0.861. The first kappa shape index (κ1) is 15.9. The summed E-state index contributed by atoms with van der Waals surface area (Å²) in [5, 5.41) is 10.7. The maximum Gasteiger partial charge on any atom is 0.344 e. The van der Waals surface area contributed by atoms with Crippen LogP contribution in [0.1, 0.15) is 37.9 Å². The molecule has 0 atom stereocenters. The molecular formula is C15H22N4OS. The fourth-order valence-corrected chi connectivity index (χ4v) is 3.20. The lowest BCUT2D eigenvalue weighted by atomic mass is 10.1. The summed E-state index contributed by atoms with van der Waals surface area (Å²) in [7, 11) is 0. The van der Waals surface area contributed by atoms with Gasteiger partial charge < -0.3 is 5.32 Å². The Morgan fingerprint density at radius 2 is 2.19 bits per heavy atom. The topological polar surface area (TPSA) is 62.7 Å². The number of hydrogen-bond acceptors (Lipinski definition) is 4. The molecule has 1 aromatic heterocycles. The van der Waals surface area contributed by atoms with Gasteiger partial charge in [-0.3, -0.25) is 4.57 Å². The minimum absolute atomic E-state index is 0.0846. The molecule has 0 aliphatic heterocycles. The first-order valence-corrected chi connectivity index (χ1v) is 7.99. The molecule has 2 N–H and O–H groups in total. The van der Waals surface area contributed by atoms with Crippen LogP contribution in [0, 0.1) is 6.92 Å². The van der Waals surface area contributed by atoms with Gasteiger partial charge in [0.05, 0.1) is 0 Å². The third-order valence-electron chi connectivity index (χ3n) is 3.17. The van der Waals surface area contributed by atoms with Crippen molar-refractivity contribution in [1.29, 1.82) is 0 Å². The molecule has 0 saturated carbocycles. The first-order valence-electron chi connectivity index (χ1n) is 7.18. The molecule has 1 aromatic carbocycles. The molecule has 1 heterocycles. The van der Waals surface area contributed by atoms with E-state index in [1.165, 1.54) is 22.9 Å². The van der Waals surface area contributed by atoms with Crippen LogP contribution in [0.25, 0.3) is 0 Å². The predicted molar refractivity (Wildman–Crippen MR) is 85.9 cm³/mol. The van der Waals surface area contributed by atoms with Crippen LogP contribution in [0.3, 0.4) is 0 Å². The Kier molecular flexibility index (Phi) is 5.25. The van der Waals surface area contributed by atoms with Crippen molar-refractivity contribution in [3.05, 3.63) is 39.8 Å². The Labute approximate surface area is 129 Å². The molecule has 0 spiro atoms. The van der Waals surface area contributed by atoms with Crippen molar-refractivity contribution < 1.29 is 0 Å². The van der Waals surface area contributed by atoms with E-state index < -0.39 is 0 Å². The molecule has 0 aliphatic carbocycles. The van der Waals surface area contributed by atoms with Crippen molar-refractivity contribution in [2.75, 3.05) is 6.54 Å². The molecule has 0 radical (unpaired) electrons. The largest absolute Gasteiger partial charge is 0.344 e. The fraction of sp³-hybridized carbons (Fsp3) is 0.467. The maximum absolute atomic E-state index is 11.8. The summed E-state index contributed by atoms with van der Waals surface area (Å²) < 4.78 is 1.68. The second-order valence-corrected chi connectivity index (χ2v) is 6.28. The number of rotatable bonds is 6. The summed E-state index contributed by atoms with van der Waals surface area (Å²) in [5.41, 5.74) is 2.30. The van der Waals surface area contributed by atoms with E-state index in [0.717, 1.165) is 18.0 Å². The third-order valence-corrected chi connectivity index (χ3v) is 4.26. The number of aryl methyl sites for hydroxylation is 1. The Balaban J connectivity index is 2.33. The van der Waals surface area contributed by atoms with Gasteiger partial charge in [0.2, 0.25) is 0 Å². The predicted octanol–water partition coefficient (Wildman–Crippen LogP) is 2.72. The van der Waals surface area contributed by atoms with Crippen molar-refractivity contribution in [2.45, 2.75) is 50.3 Å². The SMILES string of the molecule is CCNCc1cc(C)ccc1Sc1n[nH]c(=O)n1C(C)C. The zero-order chi connectivity index (χ0) is 15.4. The smallest absolute Gasteiger partial charge is 0.313 e. The second-order valence-electron chi connectivity index (χ2n) is 5.27. The zero-order valence-electron chi connectivity index (χ0n) is 12.9. The molecule has 5 nitrogen and oxygen atoms in total. The van der Waals surface area contributed by atoms with Gasteiger partial charge in [0, 0.05) is 17.5 Å². The van der Waals surface area contributed by atoms with E-state index in [1.807, 2.05) is 13.8 Å². The first-order chi connectivity index (χ1) is 10.0. The van der Waals surface area contributed by atoms with Crippen LogP contribution >= 0.6 is 11.8 Å². The molecule has 0 amide bonds. The number of benzene rings is 1. The molecule has 0 saturated heterocycles. The summed E-state index contributed by atoms with van der Waals surface area (Å²) in [6, 6.07) is 6.44. The van der Waals surface area contributed by atoms with Crippen LogP contribution in [0.15, 0.2) is 33.0 Å². The van der Waals surface area contributed by atoms with Crippen molar-refractivity contribution >= 4 is 11.8 Å². The van der Waals surface area contributed by atoms with Gasteiger partial charge in [-0.1, -0.05) is 24.6 Å². The van der Waals surface area contributed by atoms with E-state index in [9.17, 15) is 4.79 Å². The van der Waals surface area contributed by atoms with Crippen LogP contribution < -0.4 is 11.0 Å². The maximum atomic E-state index is 11.8. The minimum Gasteiger partial charge on any atom is -0.313 e. The number of aromatic nitrogens is 3. The van der Waals surface area contributed by atoms with E-state index in [2.05, 4.69) is 47.6 Å². The monoisotopic (exact) mass is 306 g/mol. The normalized spacial score (nSPS) is 11.3. The number of nitrogens with one attached hydrogen (secondary N) is 2. The van der Waals surface area contributed by atoms with E-state index in [1.54, 1.807) is 4.57 Å². The molecule has 0 bridgehead atoms. The van der Waals surface area contributed by atoms with Crippen LogP contribution in [-0.2, 0) is 6.54 Å². The van der Waals surface area contributed by atoms with E-state index in [-0.39, 0.29) is 11.7 Å². The highest BCUT2D eigenvalue weighted by atomic mass is 32.2. The standard InChI is InChI=1S/C15H22N4OS/c1-5-16-9-12-8-11(4)6-7-13(12)21-15-18-17-14(20)19(15)10(2)3/h6-8,10,16H,5,9H2,1-4H3,(H,17,20). The summed E-state index contributed by atoms with van der Waals surface area (Å²) in [6.45, 7) is 9.88. The van der Waals surface area contributed by atoms with Gasteiger partial charge >= 0.3 is 5.69 Å². The number of aromatic amines is 1. The Morgan fingerprint density at radius 3 is 2.86 bits per heavy atom. The molecule has 0 aliphatic rings. The number of hydrogen-bond donors (Lipinski definition) is 2. The van der Waals surface area contributed by atoms with E-state index >= 15 is 0 Å². The van der Waals surface area contributed by atoms with Crippen molar-refractivity contribution in [3.8, 4) is 0 Å². The molecule has 0 fully saturated rings. The second kappa shape index (κ2) is 6.95. The molecule has 0 unspecified atom stereocenters. The highest BCUT2D eigenvalue weighted by Crippen LogP contribution is 2.30. The lowest BCUT2D eigenvalue weighted by Crippen LogP contribution is -2.19. The fourth-order valence-electron chi connectivity index (χ4n) is 2.12. The third kappa shape index (κ3) is 3.77. The van der Waals surface area contributed by atoms with Gasteiger partial charge in [-0.25, -0.2) is 9.89 Å². The van der Waals surface area contributed by atoms with Crippen LogP contribution in [0.4, 0.5) is 0 Å². The van der Waals surface area contributed by atoms with Gasteiger partial charge in [-0.2, -0.15) is 0 Å². The van der Waals surface area contributed by atoms with E-state index in [4.69, 9.17) is 0 Å². The van der Waals surface area contributed by atoms with Crippen LogP contribution in [-0.4, -0.2) is 21.3 Å². The Morgan fingerprint density at radius 1 is 1.43 bits per heavy atom. The van der Waals surface area contributed by atoms with Gasteiger partial charge in [0.25, 0.3) is 0 Å². The van der Waals surface area contributed by atoms with Crippen LogP contribution in [0.5, 0.6) is 0 Å². The van der Waals surface area contributed by atoms with Gasteiger partial charge in [0.1, 0.15) is 0 Å². The van der Waals surface area contributed by atoms with Crippen molar-refractivity contribution in [2.24, 2.45) is 0 Å². The van der Waals surface area contributed by atoms with Crippen LogP contribution in [0.2, 0.25) is 0 Å². The van der Waals surface area contributed by atoms with Crippen molar-refractivity contribution in [3.63, 3.8) is 0 Å². The molecule has 21 heavy (non-hydrogen) atoms. The summed E-state index contributed by atoms with van der Waals surface area (Å²) in [6.07, 6.45) is 0. The minimum atomic E-state index is -0.159. The number of H-pyrrole nitrogens is 1. The highest BCUT2D eigenvalue weighted by molar-refractivity contribution is 7.99. The molecular weight excluding hydrogens is 284 g/mol. The van der Waals surface area contributed by atoms with Crippen molar-refractivity contribution in [1.82, 2.24) is 20.1 Å². The summed E-state index contributed by atoms with van der Waals surface area (Å²) >= 11 is 1.53. The Bertz CT molecular complexity index is 660. The summed E-state index contributed by atoms with van der Waals surface area (Å²) in [5.74, 6) is 0. The molecule has 2 aromatic rings. The highest BCUT2D eigenvalue weighted by Gasteiger charge is 2.14. The van der Waals surface area contributed by atoms with Gasteiger partial charge in [-0.15, -0.1) is 5.10 Å². The average Bonchev–Trinajstić information content (AvgIpc) is 2.80. The molecule has 6 heteroatoms. The summed E-state index contributed by atoms with van der Waals surface area (Å²) in [4.78, 5) is 12.9. The average molecular weight is 306 g/mol. The van der Waals surface area contributed by atoms with Gasteiger partial charge in [0.15, 0.2) is 5.16 Å².